The van der Waals surface area contributed by atoms with Crippen LogP contribution >= 0.6 is 15.9 Å². The van der Waals surface area contributed by atoms with Crippen molar-refractivity contribution < 1.29 is 11.0 Å². The molecule has 1 N–H and O–H groups in total. The van der Waals surface area contributed by atoms with Gasteiger partial charge in [0, 0.05) is 31.5 Å². The largest absolute Gasteiger partial charge is 0.368 e. The zero-order chi connectivity index (χ0) is 16.3. The molecule has 1 fully saturated rings. The summed E-state index contributed by atoms with van der Waals surface area (Å²) >= 11 is 3.09. The molecule has 0 radical (unpaired) electrons. The predicted molar refractivity (Wildman–Crippen MR) is 57.0 cm³/mol. The molecule has 1 aliphatic heterocycles. The van der Waals surface area contributed by atoms with Crippen LogP contribution in [0.2, 0.25) is 0 Å². The fourth-order valence-corrected chi connectivity index (χ4v) is 1.09. The quantitative estimate of drug-likeness (QED) is 0.760. The maximum atomic E-state index is 7.92. The zero-order valence-electron chi connectivity index (χ0n) is 14.5. The van der Waals surface area contributed by atoms with Crippen molar-refractivity contribution >= 4 is 21.6 Å². The van der Waals surface area contributed by atoms with Crippen LogP contribution in [-0.4, -0.2) is 31.0 Å². The van der Waals surface area contributed by atoms with Crippen LogP contribution in [0.3, 0.4) is 0 Å². The molecule has 0 saturated carbocycles. The third kappa shape index (κ3) is 2.19. The Morgan fingerprint density at radius 2 is 2.23 bits per heavy atom. The first kappa shape index (κ1) is 3.51. The van der Waals surface area contributed by atoms with Crippen LogP contribution in [0.4, 0.5) is 5.69 Å². The van der Waals surface area contributed by atoms with Crippen molar-refractivity contribution in [2.24, 2.45) is 0 Å². The summed E-state index contributed by atoms with van der Waals surface area (Å²) in [5.41, 5.74) is -0.0672. The Kier molecular flexibility index (Phi) is 1.10. The lowest BCUT2D eigenvalue weighted by Gasteiger charge is -2.29. The maximum absolute atomic E-state index is 7.92. The maximum Gasteiger partial charge on any atom is 0.106 e. The molecule has 0 bridgehead atoms. The fourth-order valence-electron chi connectivity index (χ4n) is 0.856. The van der Waals surface area contributed by atoms with Crippen LogP contribution in [0.25, 0.3) is 0 Å². The van der Waals surface area contributed by atoms with E-state index in [0.717, 1.165) is 6.20 Å². The van der Waals surface area contributed by atoms with Crippen molar-refractivity contribution in [2.75, 3.05) is 30.9 Å². The summed E-state index contributed by atoms with van der Waals surface area (Å²) in [6, 6.07) is 2.78. The predicted octanol–water partition coefficient (Wildman–Crippen LogP) is 1.25. The molecular formula is C9H12BrN3. The topological polar surface area (TPSA) is 28.2 Å². The minimum Gasteiger partial charge on any atom is -0.368 e. The number of nitrogens with one attached hydrogen (secondary N) is 1. The van der Waals surface area contributed by atoms with Crippen LogP contribution in [0.5, 0.6) is 0 Å². The lowest BCUT2D eigenvalue weighted by molar-refractivity contribution is 0.588. The van der Waals surface area contributed by atoms with Crippen LogP contribution in [0, 0.1) is 0 Å². The van der Waals surface area contributed by atoms with Gasteiger partial charge in [0.25, 0.3) is 0 Å². The van der Waals surface area contributed by atoms with E-state index in [-0.39, 0.29) is 5.69 Å². The average Bonchev–Trinajstić information content (AvgIpc) is 2.28. The first-order valence-corrected chi connectivity index (χ1v) is 4.33. The van der Waals surface area contributed by atoms with Gasteiger partial charge in [0.05, 0.1) is 17.4 Å². The molecule has 0 aliphatic carbocycles. The van der Waals surface area contributed by atoms with Gasteiger partial charge in [-0.1, -0.05) is 0 Å². The van der Waals surface area contributed by atoms with Gasteiger partial charge in [0.1, 0.15) is 4.60 Å². The summed E-state index contributed by atoms with van der Waals surface area (Å²) in [4.78, 5) is 4.30. The molecule has 13 heavy (non-hydrogen) atoms. The molecule has 1 aliphatic rings. The van der Waals surface area contributed by atoms with Crippen molar-refractivity contribution in [2.45, 2.75) is 0 Å². The van der Waals surface area contributed by atoms with Gasteiger partial charge >= 0.3 is 0 Å². The van der Waals surface area contributed by atoms with Crippen molar-refractivity contribution in [3.8, 4) is 0 Å². The van der Waals surface area contributed by atoms with Gasteiger partial charge in [-0.3, -0.25) is 0 Å². The van der Waals surface area contributed by atoms with E-state index in [4.69, 9.17) is 11.0 Å². The Morgan fingerprint density at radius 1 is 1.46 bits per heavy atom. The van der Waals surface area contributed by atoms with E-state index in [0.29, 0.717) is 9.50 Å². The molecule has 0 spiro atoms. The normalized spacial score (nSPS) is 42.1. The Balaban J connectivity index is 2.64. The molecule has 4 heteroatoms. The van der Waals surface area contributed by atoms with E-state index in [1.807, 2.05) is 0 Å². The first-order valence-electron chi connectivity index (χ1n) is 7.54. The van der Waals surface area contributed by atoms with Gasteiger partial charge in [-0.2, -0.15) is 0 Å². The molecule has 70 valence electrons. The van der Waals surface area contributed by atoms with Crippen LogP contribution < -0.4 is 10.2 Å². The molecule has 0 atom stereocenters. The van der Waals surface area contributed by atoms with E-state index < -0.39 is 26.0 Å². The number of hydrogen-bond acceptors (Lipinski definition) is 3. The second-order valence-electron chi connectivity index (χ2n) is 2.27. The second kappa shape index (κ2) is 4.07. The van der Waals surface area contributed by atoms with Crippen molar-refractivity contribution in [3.05, 3.63) is 22.9 Å². The number of nitrogens with zero attached hydrogens (tertiary/aromatic N) is 2. The minimum absolute atomic E-state index is 0.0672. The Bertz CT molecular complexity index is 520. The lowest BCUT2D eigenvalue weighted by atomic mass is 10.3. The number of anilines is 1. The molecule has 2 rings (SSSR count). The van der Waals surface area contributed by atoms with Gasteiger partial charge in [-0.05, 0) is 28.1 Å². The number of pyridine rings is 1. The highest BCUT2D eigenvalue weighted by molar-refractivity contribution is 9.10. The Labute approximate surface area is 97.5 Å². The van der Waals surface area contributed by atoms with E-state index in [9.17, 15) is 0 Å². The zero-order valence-corrected chi connectivity index (χ0v) is 8.09. The molecule has 1 aromatic heterocycles. The third-order valence-corrected chi connectivity index (χ3v) is 1.90. The van der Waals surface area contributed by atoms with Crippen LogP contribution in [-0.2, 0) is 0 Å². The molecule has 0 amide bonds. The second-order valence-corrected chi connectivity index (χ2v) is 3.09. The monoisotopic (exact) mass is 249 g/mol. The summed E-state index contributed by atoms with van der Waals surface area (Å²) in [5, 5.41) is 1.77. The highest BCUT2D eigenvalue weighted by atomic mass is 79.9. The number of rotatable bonds is 1. The number of halogens is 1. The fraction of sp³-hybridized carbons (Fsp3) is 0.444. The van der Waals surface area contributed by atoms with Gasteiger partial charge in [0.2, 0.25) is 0 Å². The lowest BCUT2D eigenvalue weighted by Crippen LogP contribution is -2.43. The molecular weight excluding hydrogens is 230 g/mol. The van der Waals surface area contributed by atoms with Crippen LogP contribution in [0.15, 0.2) is 22.9 Å². The Morgan fingerprint density at radius 3 is 2.85 bits per heavy atom. The first-order chi connectivity index (χ1) is 9.33. The van der Waals surface area contributed by atoms with E-state index >= 15 is 0 Å². The Hall–Kier alpha value is -0.610. The summed E-state index contributed by atoms with van der Waals surface area (Å²) in [6.45, 7) is -11.3. The highest BCUT2D eigenvalue weighted by Gasteiger charge is 2.09. The van der Waals surface area contributed by atoms with Crippen LogP contribution in [0.1, 0.15) is 11.0 Å². The molecule has 0 unspecified atom stereocenters. The number of aromatic nitrogens is 1. The third-order valence-electron chi connectivity index (χ3n) is 1.43. The molecule has 1 aromatic rings. The molecule has 0 aromatic carbocycles. The minimum atomic E-state index is -2.84. The van der Waals surface area contributed by atoms with Gasteiger partial charge in [-0.15, -0.1) is 0 Å². The molecule has 3 nitrogen and oxygen atoms in total. The van der Waals surface area contributed by atoms with E-state index in [1.54, 1.807) is 5.32 Å². The summed E-state index contributed by atoms with van der Waals surface area (Å²) < 4.78 is 62.9. The standard InChI is InChI=1S/C9H12BrN3/c10-9-2-1-8(7-12-9)13-5-3-11-4-6-13/h1-2,7,11H,3-6H2/i3D2,4D2,5D2,6D2. The van der Waals surface area contributed by atoms with Gasteiger partial charge in [-0.25, -0.2) is 4.98 Å². The van der Waals surface area contributed by atoms with Crippen molar-refractivity contribution in [3.63, 3.8) is 0 Å². The smallest absolute Gasteiger partial charge is 0.106 e. The van der Waals surface area contributed by atoms with E-state index in [1.165, 1.54) is 12.1 Å². The molecule has 2 heterocycles. The molecule has 1 saturated heterocycles. The van der Waals surface area contributed by atoms with E-state index in [2.05, 4.69) is 20.9 Å². The van der Waals surface area contributed by atoms with Crippen molar-refractivity contribution in [1.82, 2.24) is 10.3 Å². The number of piperazine rings is 1. The SMILES string of the molecule is [2H]C1([2H])NC([2H])([2H])C([2H])([2H])N(c2ccc(Br)nc2)C1([2H])[2H]. The van der Waals surface area contributed by atoms with Gasteiger partial charge < -0.3 is 10.2 Å². The summed E-state index contributed by atoms with van der Waals surface area (Å²) in [5.74, 6) is 0. The van der Waals surface area contributed by atoms with Gasteiger partial charge in [0.15, 0.2) is 0 Å². The number of hydrogen-bond donors (Lipinski definition) is 1. The summed E-state index contributed by atoms with van der Waals surface area (Å²) in [6.07, 6.45) is 1.15. The summed E-state index contributed by atoms with van der Waals surface area (Å²) in [7, 11) is 0. The highest BCUT2D eigenvalue weighted by Crippen LogP contribution is 2.15. The average molecular weight is 250 g/mol. The van der Waals surface area contributed by atoms with Crippen molar-refractivity contribution in [1.29, 1.82) is 0 Å².